The number of rotatable bonds is 5. The van der Waals surface area contributed by atoms with Gasteiger partial charge in [-0.2, -0.15) is 10.2 Å². The van der Waals surface area contributed by atoms with Gasteiger partial charge in [0.1, 0.15) is 23.7 Å². The van der Waals surface area contributed by atoms with Gasteiger partial charge in [0.2, 0.25) is 0 Å². The Morgan fingerprint density at radius 2 is 1.79 bits per heavy atom. The molecule has 0 atom stereocenters. The summed E-state index contributed by atoms with van der Waals surface area (Å²) < 4.78 is 23.3. The van der Waals surface area contributed by atoms with E-state index in [1.54, 1.807) is 12.1 Å². The third-order valence-electron chi connectivity index (χ3n) is 8.23. The molecule has 0 spiro atoms. The van der Waals surface area contributed by atoms with Crippen molar-refractivity contribution in [1.29, 1.82) is 0 Å². The molecule has 2 N–H and O–H groups in total. The molecule has 0 unspecified atom stereocenters. The van der Waals surface area contributed by atoms with Gasteiger partial charge in [-0.15, -0.1) is 0 Å². The number of hydrogen-bond donors (Lipinski definition) is 1. The largest absolute Gasteiger partial charge is 0.383 e. The molecule has 39 heavy (non-hydrogen) atoms. The second kappa shape index (κ2) is 10.0. The molecule has 0 bridgehead atoms. The Balaban J connectivity index is 1.22. The second-order valence-corrected chi connectivity index (χ2v) is 10.6. The van der Waals surface area contributed by atoms with E-state index in [9.17, 15) is 4.39 Å². The second-order valence-electron chi connectivity index (χ2n) is 10.6. The average Bonchev–Trinajstić information content (AvgIpc) is 3.56. The molecule has 0 amide bonds. The summed E-state index contributed by atoms with van der Waals surface area (Å²) in [7, 11) is 0. The molecule has 2 aromatic carbocycles. The van der Waals surface area contributed by atoms with Crippen LogP contribution in [0.5, 0.6) is 0 Å². The van der Waals surface area contributed by atoms with Gasteiger partial charge in [-0.25, -0.2) is 19.0 Å². The summed E-state index contributed by atoms with van der Waals surface area (Å²) in [4.78, 5) is 11.5. The predicted octanol–water partition coefficient (Wildman–Crippen LogP) is 4.43. The molecule has 200 valence electrons. The Morgan fingerprint density at radius 3 is 2.62 bits per heavy atom. The number of aromatic nitrogens is 6. The van der Waals surface area contributed by atoms with Gasteiger partial charge in [-0.1, -0.05) is 24.3 Å². The van der Waals surface area contributed by atoms with Gasteiger partial charge in [0.05, 0.1) is 42.9 Å². The first-order valence-corrected chi connectivity index (χ1v) is 13.6. The Labute approximate surface area is 225 Å². The van der Waals surface area contributed by atoms with Crippen LogP contribution in [0, 0.1) is 5.82 Å². The van der Waals surface area contributed by atoms with Gasteiger partial charge < -0.3 is 10.5 Å². The monoisotopic (exact) mass is 526 g/mol. The molecule has 3 aromatic heterocycles. The zero-order valence-corrected chi connectivity index (χ0v) is 21.7. The number of nitrogens with two attached hydrogens (primary N) is 1. The SMILES string of the molecule is Nc1ncnc2c1c(-c1ccc3cnn(Cc4cccc(F)c4)c3c1)nn2[C@H]1CC[C@H](N2CCOCC2)CC1. The van der Waals surface area contributed by atoms with Crippen LogP contribution < -0.4 is 5.73 Å². The lowest BCUT2D eigenvalue weighted by molar-refractivity contribution is 0.00520. The van der Waals surface area contributed by atoms with E-state index in [0.29, 0.717) is 18.4 Å². The number of hydrogen-bond acceptors (Lipinski definition) is 7. The average molecular weight is 527 g/mol. The van der Waals surface area contributed by atoms with E-state index < -0.39 is 0 Å². The maximum atomic E-state index is 13.8. The topological polar surface area (TPSA) is 99.9 Å². The molecular formula is C29H31FN8O. The van der Waals surface area contributed by atoms with Crippen molar-refractivity contribution in [2.45, 2.75) is 44.3 Å². The first kappa shape index (κ1) is 24.2. The first-order chi connectivity index (χ1) is 19.1. The van der Waals surface area contributed by atoms with E-state index in [0.717, 1.165) is 90.7 Å². The predicted molar refractivity (Wildman–Crippen MR) is 148 cm³/mol. The summed E-state index contributed by atoms with van der Waals surface area (Å²) in [5.74, 6) is 0.174. The fourth-order valence-electron chi connectivity index (χ4n) is 6.21. The Bertz CT molecular complexity index is 1630. The number of halogens is 1. The van der Waals surface area contributed by atoms with E-state index in [-0.39, 0.29) is 11.9 Å². The molecule has 5 aromatic rings. The lowest BCUT2D eigenvalue weighted by atomic mass is 9.90. The van der Waals surface area contributed by atoms with Crippen molar-refractivity contribution < 1.29 is 9.13 Å². The van der Waals surface area contributed by atoms with Crippen molar-refractivity contribution >= 4 is 27.8 Å². The molecule has 7 rings (SSSR count). The molecule has 4 heterocycles. The van der Waals surface area contributed by atoms with Gasteiger partial charge in [0.25, 0.3) is 0 Å². The number of morpholine rings is 1. The minimum atomic E-state index is -0.254. The summed E-state index contributed by atoms with van der Waals surface area (Å²) in [6, 6.07) is 13.6. The van der Waals surface area contributed by atoms with E-state index in [4.69, 9.17) is 15.6 Å². The standard InChI is InChI=1S/C29H31FN8O/c30-22-3-1-2-19(14-22)17-37-25-15-20(4-5-21(25)16-34-37)27-26-28(31)32-18-33-29(26)38(35-27)24-8-6-23(7-9-24)36-10-12-39-13-11-36/h1-5,14-16,18,23-24H,6-13,17H2,(H2,31,32,33)/t23-,24-. The smallest absolute Gasteiger partial charge is 0.164 e. The molecular weight excluding hydrogens is 495 g/mol. The number of fused-ring (bicyclic) bond motifs is 2. The minimum Gasteiger partial charge on any atom is -0.383 e. The van der Waals surface area contributed by atoms with Crippen LogP contribution in [0.15, 0.2) is 55.0 Å². The van der Waals surface area contributed by atoms with Crippen LogP contribution in [-0.2, 0) is 11.3 Å². The van der Waals surface area contributed by atoms with Crippen molar-refractivity contribution in [3.8, 4) is 11.3 Å². The number of benzene rings is 2. The molecule has 1 saturated heterocycles. The Kier molecular flexibility index (Phi) is 6.21. The molecule has 0 radical (unpaired) electrons. The molecule has 1 aliphatic carbocycles. The fraction of sp³-hybridized carbons (Fsp3) is 0.379. The summed E-state index contributed by atoms with van der Waals surface area (Å²) >= 11 is 0. The normalized spacial score (nSPS) is 20.6. The highest BCUT2D eigenvalue weighted by Gasteiger charge is 2.30. The van der Waals surface area contributed by atoms with Crippen molar-refractivity contribution in [2.24, 2.45) is 0 Å². The van der Waals surface area contributed by atoms with Crippen LogP contribution in [0.3, 0.4) is 0 Å². The third kappa shape index (κ3) is 4.53. The van der Waals surface area contributed by atoms with Crippen LogP contribution in [0.4, 0.5) is 10.2 Å². The Morgan fingerprint density at radius 1 is 0.974 bits per heavy atom. The van der Waals surface area contributed by atoms with Gasteiger partial charge in [0.15, 0.2) is 5.65 Å². The van der Waals surface area contributed by atoms with Crippen molar-refractivity contribution in [3.63, 3.8) is 0 Å². The van der Waals surface area contributed by atoms with Crippen LogP contribution in [0.2, 0.25) is 0 Å². The highest BCUT2D eigenvalue weighted by Crippen LogP contribution is 2.37. The Hall–Kier alpha value is -3.89. The van der Waals surface area contributed by atoms with Crippen molar-refractivity contribution in [1.82, 2.24) is 34.4 Å². The van der Waals surface area contributed by atoms with Gasteiger partial charge in [0, 0.05) is 30.1 Å². The molecule has 10 heteroatoms. The molecule has 1 saturated carbocycles. The van der Waals surface area contributed by atoms with E-state index >= 15 is 0 Å². The fourth-order valence-corrected chi connectivity index (χ4v) is 6.21. The molecule has 1 aliphatic heterocycles. The first-order valence-electron chi connectivity index (χ1n) is 13.6. The van der Waals surface area contributed by atoms with Crippen molar-refractivity contribution in [3.05, 3.63) is 66.4 Å². The van der Waals surface area contributed by atoms with E-state index in [1.165, 1.54) is 12.4 Å². The lowest BCUT2D eigenvalue weighted by Gasteiger charge is -2.38. The summed E-state index contributed by atoms with van der Waals surface area (Å²) in [5, 5.41) is 11.5. The van der Waals surface area contributed by atoms with E-state index in [1.807, 2.05) is 29.1 Å². The highest BCUT2D eigenvalue weighted by molar-refractivity contribution is 5.99. The molecule has 2 aliphatic rings. The van der Waals surface area contributed by atoms with Crippen LogP contribution >= 0.6 is 0 Å². The third-order valence-corrected chi connectivity index (χ3v) is 8.23. The number of ether oxygens (including phenoxy) is 1. The quantitative estimate of drug-likeness (QED) is 0.362. The zero-order valence-electron chi connectivity index (χ0n) is 21.7. The summed E-state index contributed by atoms with van der Waals surface area (Å²) in [6.45, 7) is 4.17. The maximum Gasteiger partial charge on any atom is 0.164 e. The minimum absolute atomic E-state index is 0.254. The molecule has 2 fully saturated rings. The van der Waals surface area contributed by atoms with Gasteiger partial charge >= 0.3 is 0 Å². The van der Waals surface area contributed by atoms with Crippen LogP contribution in [0.1, 0.15) is 37.3 Å². The van der Waals surface area contributed by atoms with Gasteiger partial charge in [-0.05, 0) is 49.4 Å². The summed E-state index contributed by atoms with van der Waals surface area (Å²) in [6.07, 6.45) is 7.71. The van der Waals surface area contributed by atoms with E-state index in [2.05, 4.69) is 30.7 Å². The highest BCUT2D eigenvalue weighted by atomic mass is 19.1. The van der Waals surface area contributed by atoms with Gasteiger partial charge in [-0.3, -0.25) is 9.58 Å². The number of anilines is 1. The lowest BCUT2D eigenvalue weighted by Crippen LogP contribution is -2.45. The van der Waals surface area contributed by atoms with Crippen LogP contribution in [0.25, 0.3) is 33.2 Å². The zero-order chi connectivity index (χ0) is 26.3. The number of nitrogens with zero attached hydrogens (tertiary/aromatic N) is 7. The van der Waals surface area contributed by atoms with Crippen LogP contribution in [-0.4, -0.2) is 66.8 Å². The number of nitrogen functional groups attached to an aromatic ring is 1. The molecule has 9 nitrogen and oxygen atoms in total. The summed E-state index contributed by atoms with van der Waals surface area (Å²) in [5.41, 5.74) is 10.7. The maximum absolute atomic E-state index is 13.8. The van der Waals surface area contributed by atoms with Crippen molar-refractivity contribution in [2.75, 3.05) is 32.0 Å².